The predicted molar refractivity (Wildman–Crippen MR) is 121 cm³/mol. The molecule has 0 amide bonds. The highest BCUT2D eigenvalue weighted by Crippen LogP contribution is 2.70. The number of ether oxygens (including phenoxy) is 2. The Morgan fingerprint density at radius 1 is 0.871 bits per heavy atom. The molecule has 5 rings (SSSR count). The van der Waals surface area contributed by atoms with Gasteiger partial charge in [-0.3, -0.25) is 0 Å². The van der Waals surface area contributed by atoms with Crippen LogP contribution in [-0.4, -0.2) is 41.4 Å². The lowest BCUT2D eigenvalue weighted by atomic mass is 9.42. The van der Waals surface area contributed by atoms with Crippen LogP contribution in [0.1, 0.15) is 97.8 Å². The number of hydrogen-bond donors (Lipinski definition) is 2. The number of aliphatic hydroxyl groups is 2. The molecule has 0 aromatic heterocycles. The van der Waals surface area contributed by atoms with Crippen molar-refractivity contribution in [3.63, 3.8) is 0 Å². The van der Waals surface area contributed by atoms with Crippen LogP contribution >= 0.6 is 0 Å². The Morgan fingerprint density at radius 2 is 1.61 bits per heavy atom. The van der Waals surface area contributed by atoms with Gasteiger partial charge in [0.25, 0.3) is 0 Å². The monoisotopic (exact) mass is 434 g/mol. The van der Waals surface area contributed by atoms with Gasteiger partial charge in [0.1, 0.15) is 0 Å². The molecule has 4 aliphatic carbocycles. The standard InChI is InChI=1S/C27H46O4/c1-19-17-27(30-15-16-31-27)18-20-7-8-21-22-10-13-26(29,11-5-4-6-14-28)24(22,2)12-9-23(21)25(19,20)3/h19-23,28-29H,4-18H2,1-3H3/t19-,20-,21-,22-,23-,24-,25-,26-/m0/s1. The Bertz CT molecular complexity index is 660. The summed E-state index contributed by atoms with van der Waals surface area (Å²) in [7, 11) is 0. The molecule has 1 saturated heterocycles. The van der Waals surface area contributed by atoms with E-state index >= 15 is 0 Å². The summed E-state index contributed by atoms with van der Waals surface area (Å²) in [6, 6.07) is 0. The maximum Gasteiger partial charge on any atom is 0.169 e. The lowest BCUT2D eigenvalue weighted by Gasteiger charge is -2.64. The lowest BCUT2D eigenvalue weighted by Crippen LogP contribution is -2.60. The summed E-state index contributed by atoms with van der Waals surface area (Å²) >= 11 is 0. The highest BCUT2D eigenvalue weighted by Gasteiger charge is 2.66. The van der Waals surface area contributed by atoms with Crippen molar-refractivity contribution in [2.75, 3.05) is 19.8 Å². The zero-order chi connectivity index (χ0) is 21.9. The SMILES string of the molecule is C[C@H]1CC2(C[C@@H]3CC[C@@H]4[C@H](CC[C@@]5(C)[C@H]4CC[C@@]5(O)CCCCCO)[C@]31C)OCCO2. The molecule has 0 aromatic rings. The molecule has 5 aliphatic rings. The van der Waals surface area contributed by atoms with Gasteiger partial charge in [-0.25, -0.2) is 0 Å². The molecule has 1 heterocycles. The van der Waals surface area contributed by atoms with Gasteiger partial charge in [-0.1, -0.05) is 33.6 Å². The van der Waals surface area contributed by atoms with Gasteiger partial charge in [-0.15, -0.1) is 0 Å². The second-order valence-corrected chi connectivity index (χ2v) is 12.5. The zero-order valence-electron chi connectivity index (χ0n) is 20.2. The van der Waals surface area contributed by atoms with Crippen molar-refractivity contribution in [1.82, 2.24) is 0 Å². The molecular weight excluding hydrogens is 388 g/mol. The van der Waals surface area contributed by atoms with E-state index in [9.17, 15) is 5.11 Å². The highest BCUT2D eigenvalue weighted by molar-refractivity contribution is 5.15. The van der Waals surface area contributed by atoms with E-state index in [2.05, 4.69) is 20.8 Å². The second kappa shape index (κ2) is 7.96. The topological polar surface area (TPSA) is 58.9 Å². The Kier molecular flexibility index (Phi) is 5.81. The van der Waals surface area contributed by atoms with E-state index in [0.29, 0.717) is 23.2 Å². The number of unbranched alkanes of at least 4 members (excludes halogenated alkanes) is 2. The molecule has 8 atom stereocenters. The van der Waals surface area contributed by atoms with Gasteiger partial charge in [-0.05, 0) is 91.8 Å². The van der Waals surface area contributed by atoms with Gasteiger partial charge < -0.3 is 19.7 Å². The van der Waals surface area contributed by atoms with E-state index in [0.717, 1.165) is 70.0 Å². The molecule has 178 valence electrons. The summed E-state index contributed by atoms with van der Waals surface area (Å²) in [5.74, 6) is 3.28. The average Bonchev–Trinajstić information content (AvgIpc) is 3.29. The van der Waals surface area contributed by atoms with E-state index in [-0.39, 0.29) is 17.8 Å². The van der Waals surface area contributed by atoms with Crippen LogP contribution in [0.25, 0.3) is 0 Å². The van der Waals surface area contributed by atoms with Crippen LogP contribution in [-0.2, 0) is 9.47 Å². The molecule has 0 aromatic carbocycles. The molecule has 31 heavy (non-hydrogen) atoms. The molecule has 2 N–H and O–H groups in total. The van der Waals surface area contributed by atoms with Crippen LogP contribution in [0, 0.1) is 40.4 Å². The molecule has 1 aliphatic heterocycles. The van der Waals surface area contributed by atoms with Crippen molar-refractivity contribution < 1.29 is 19.7 Å². The van der Waals surface area contributed by atoms with E-state index in [1.807, 2.05) is 0 Å². The summed E-state index contributed by atoms with van der Waals surface area (Å²) in [6.07, 6.45) is 13.3. The molecule has 0 unspecified atom stereocenters. The van der Waals surface area contributed by atoms with E-state index in [4.69, 9.17) is 14.6 Å². The van der Waals surface area contributed by atoms with Crippen molar-refractivity contribution in [2.24, 2.45) is 40.4 Å². The Labute approximate surface area is 189 Å². The minimum absolute atomic E-state index is 0.0768. The quantitative estimate of drug-likeness (QED) is 0.576. The number of rotatable bonds is 5. The Hall–Kier alpha value is -0.160. The maximum absolute atomic E-state index is 11.8. The second-order valence-electron chi connectivity index (χ2n) is 12.5. The molecular formula is C27H46O4. The van der Waals surface area contributed by atoms with E-state index in [1.54, 1.807) is 0 Å². The fraction of sp³-hybridized carbons (Fsp3) is 1.00. The van der Waals surface area contributed by atoms with Crippen molar-refractivity contribution in [3.8, 4) is 0 Å². The Balaban J connectivity index is 1.34. The van der Waals surface area contributed by atoms with Gasteiger partial charge in [0.05, 0.1) is 18.8 Å². The number of hydrogen-bond acceptors (Lipinski definition) is 4. The molecule has 1 spiro atoms. The van der Waals surface area contributed by atoms with Crippen LogP contribution in [0.3, 0.4) is 0 Å². The van der Waals surface area contributed by atoms with Gasteiger partial charge in [0, 0.05) is 19.4 Å². The summed E-state index contributed by atoms with van der Waals surface area (Å²) in [4.78, 5) is 0. The molecule has 4 saturated carbocycles. The molecule has 0 radical (unpaired) electrons. The van der Waals surface area contributed by atoms with Crippen molar-refractivity contribution in [2.45, 2.75) is 109 Å². The molecule has 4 heteroatoms. The van der Waals surface area contributed by atoms with Crippen molar-refractivity contribution in [3.05, 3.63) is 0 Å². The minimum atomic E-state index is -0.496. The molecule has 4 nitrogen and oxygen atoms in total. The van der Waals surface area contributed by atoms with Gasteiger partial charge in [0.15, 0.2) is 5.79 Å². The summed E-state index contributed by atoms with van der Waals surface area (Å²) in [5.41, 5.74) is -0.0381. The van der Waals surface area contributed by atoms with E-state index in [1.165, 1.54) is 32.1 Å². The van der Waals surface area contributed by atoms with Crippen LogP contribution in [0.15, 0.2) is 0 Å². The smallest absolute Gasteiger partial charge is 0.169 e. The summed E-state index contributed by atoms with van der Waals surface area (Å²) in [5, 5.41) is 20.9. The third-order valence-electron chi connectivity index (χ3n) is 11.6. The third kappa shape index (κ3) is 3.29. The van der Waals surface area contributed by atoms with Gasteiger partial charge in [-0.2, -0.15) is 0 Å². The van der Waals surface area contributed by atoms with Crippen LogP contribution in [0.2, 0.25) is 0 Å². The van der Waals surface area contributed by atoms with Crippen LogP contribution in [0.5, 0.6) is 0 Å². The first-order valence-electron chi connectivity index (χ1n) is 13.4. The normalized spacial score (nSPS) is 50.8. The zero-order valence-corrected chi connectivity index (χ0v) is 20.2. The fourth-order valence-corrected chi connectivity index (χ4v) is 9.66. The van der Waals surface area contributed by atoms with E-state index < -0.39 is 5.60 Å². The molecule has 5 fully saturated rings. The van der Waals surface area contributed by atoms with Crippen molar-refractivity contribution in [1.29, 1.82) is 0 Å². The summed E-state index contributed by atoms with van der Waals surface area (Å²) < 4.78 is 12.4. The first-order valence-corrected chi connectivity index (χ1v) is 13.4. The average molecular weight is 435 g/mol. The number of aliphatic hydroxyl groups excluding tert-OH is 1. The predicted octanol–water partition coefficient (Wildman–Crippen LogP) is 5.30. The van der Waals surface area contributed by atoms with Gasteiger partial charge >= 0.3 is 0 Å². The number of fused-ring (bicyclic) bond motifs is 5. The van der Waals surface area contributed by atoms with Crippen LogP contribution in [0.4, 0.5) is 0 Å². The molecule has 0 bridgehead atoms. The fourth-order valence-electron chi connectivity index (χ4n) is 9.66. The maximum atomic E-state index is 11.8. The first-order chi connectivity index (χ1) is 14.8. The Morgan fingerprint density at radius 3 is 2.35 bits per heavy atom. The largest absolute Gasteiger partial charge is 0.396 e. The van der Waals surface area contributed by atoms with Crippen molar-refractivity contribution >= 4 is 0 Å². The highest BCUT2D eigenvalue weighted by atomic mass is 16.7. The third-order valence-corrected chi connectivity index (χ3v) is 11.6. The minimum Gasteiger partial charge on any atom is -0.396 e. The first kappa shape index (κ1) is 22.6. The van der Waals surface area contributed by atoms with Crippen LogP contribution < -0.4 is 0 Å². The summed E-state index contributed by atoms with van der Waals surface area (Å²) in [6.45, 7) is 9.32. The van der Waals surface area contributed by atoms with Gasteiger partial charge in [0.2, 0.25) is 0 Å². The lowest BCUT2D eigenvalue weighted by molar-refractivity contribution is -0.250.